The highest BCUT2D eigenvalue weighted by molar-refractivity contribution is 5.00. The molecular formula is C13H23N3. The zero-order valence-corrected chi connectivity index (χ0v) is 10.5. The molecule has 16 heavy (non-hydrogen) atoms. The minimum absolute atomic E-state index is 0.668. The molecule has 0 atom stereocenters. The van der Waals surface area contributed by atoms with Crippen molar-refractivity contribution in [1.82, 2.24) is 15.1 Å². The molecule has 3 heteroatoms. The smallest absolute Gasteiger partial charge is 0.0492 e. The lowest BCUT2D eigenvalue weighted by atomic mass is 10.0. The summed E-state index contributed by atoms with van der Waals surface area (Å²) < 4.78 is 1.96. The first kappa shape index (κ1) is 11.6. The quantitative estimate of drug-likeness (QED) is 0.715. The first-order valence-corrected chi connectivity index (χ1v) is 6.43. The fourth-order valence-corrected chi connectivity index (χ4v) is 2.44. The van der Waals surface area contributed by atoms with Crippen LogP contribution in [0.3, 0.4) is 0 Å². The Balaban J connectivity index is 1.64. The fourth-order valence-electron chi connectivity index (χ4n) is 2.44. The van der Waals surface area contributed by atoms with Gasteiger partial charge in [0.05, 0.1) is 0 Å². The predicted molar refractivity (Wildman–Crippen MR) is 66.4 cm³/mol. The Bertz CT molecular complexity index is 326. The van der Waals surface area contributed by atoms with Gasteiger partial charge in [-0.15, -0.1) is 0 Å². The van der Waals surface area contributed by atoms with Crippen LogP contribution in [0.1, 0.15) is 38.3 Å². The van der Waals surface area contributed by atoms with E-state index in [0.717, 1.165) is 13.0 Å². The number of hydrogen-bond donors (Lipinski definition) is 1. The lowest BCUT2D eigenvalue weighted by Crippen LogP contribution is -2.26. The molecule has 2 rings (SSSR count). The summed E-state index contributed by atoms with van der Waals surface area (Å²) in [7, 11) is 2.01. The van der Waals surface area contributed by atoms with Gasteiger partial charge in [0.1, 0.15) is 0 Å². The highest BCUT2D eigenvalue weighted by Crippen LogP contribution is 2.48. The molecule has 0 aliphatic heterocycles. The summed E-state index contributed by atoms with van der Waals surface area (Å²) in [6, 6.07) is 2.10. The van der Waals surface area contributed by atoms with Gasteiger partial charge in [-0.3, -0.25) is 4.68 Å². The highest BCUT2D eigenvalue weighted by Gasteiger charge is 2.40. The van der Waals surface area contributed by atoms with Crippen LogP contribution in [0, 0.1) is 5.41 Å². The molecule has 1 aromatic rings. The molecule has 1 fully saturated rings. The summed E-state index contributed by atoms with van der Waals surface area (Å²) in [4.78, 5) is 0. The molecule has 0 aromatic carbocycles. The van der Waals surface area contributed by atoms with E-state index in [9.17, 15) is 0 Å². The average Bonchev–Trinajstić information content (AvgIpc) is 2.91. The van der Waals surface area contributed by atoms with Crippen LogP contribution >= 0.6 is 0 Å². The Morgan fingerprint density at radius 1 is 1.50 bits per heavy atom. The van der Waals surface area contributed by atoms with E-state index in [1.54, 1.807) is 0 Å². The van der Waals surface area contributed by atoms with E-state index in [-0.39, 0.29) is 0 Å². The normalized spacial score (nSPS) is 17.6. The van der Waals surface area contributed by atoms with E-state index in [1.807, 2.05) is 17.9 Å². The molecule has 0 bridgehead atoms. The molecule has 1 aliphatic carbocycles. The topological polar surface area (TPSA) is 29.9 Å². The molecule has 0 radical (unpaired) electrons. The van der Waals surface area contributed by atoms with Crippen LogP contribution in [-0.2, 0) is 13.5 Å². The van der Waals surface area contributed by atoms with Crippen LogP contribution in [-0.4, -0.2) is 22.9 Å². The largest absolute Gasteiger partial charge is 0.316 e. The van der Waals surface area contributed by atoms with E-state index in [0.29, 0.717) is 5.41 Å². The van der Waals surface area contributed by atoms with Crippen LogP contribution in [0.2, 0.25) is 0 Å². The lowest BCUT2D eigenvalue weighted by molar-refractivity contribution is 0.422. The van der Waals surface area contributed by atoms with Crippen molar-refractivity contribution in [3.8, 4) is 0 Å². The third-order valence-electron chi connectivity index (χ3n) is 3.72. The summed E-state index contributed by atoms with van der Waals surface area (Å²) in [6.07, 6.45) is 8.53. The second-order valence-corrected chi connectivity index (χ2v) is 5.12. The summed E-state index contributed by atoms with van der Waals surface area (Å²) in [5, 5.41) is 7.77. The molecule has 1 aliphatic rings. The number of aryl methyl sites for hydroxylation is 1. The zero-order valence-electron chi connectivity index (χ0n) is 10.5. The third-order valence-corrected chi connectivity index (χ3v) is 3.72. The Morgan fingerprint density at radius 2 is 2.31 bits per heavy atom. The van der Waals surface area contributed by atoms with Crippen molar-refractivity contribution in [3.63, 3.8) is 0 Å². The Hall–Kier alpha value is -0.830. The van der Waals surface area contributed by atoms with E-state index in [1.165, 1.54) is 37.9 Å². The van der Waals surface area contributed by atoms with Crippen molar-refractivity contribution in [1.29, 1.82) is 0 Å². The van der Waals surface area contributed by atoms with Gasteiger partial charge in [0.2, 0.25) is 0 Å². The minimum atomic E-state index is 0.668. The van der Waals surface area contributed by atoms with Gasteiger partial charge in [0.25, 0.3) is 0 Å². The van der Waals surface area contributed by atoms with Crippen molar-refractivity contribution < 1.29 is 0 Å². The van der Waals surface area contributed by atoms with Crippen molar-refractivity contribution in [3.05, 3.63) is 18.0 Å². The monoisotopic (exact) mass is 221 g/mol. The van der Waals surface area contributed by atoms with Gasteiger partial charge in [-0.1, -0.05) is 13.3 Å². The first-order valence-electron chi connectivity index (χ1n) is 6.43. The molecule has 1 aromatic heterocycles. The first-order chi connectivity index (χ1) is 7.76. The van der Waals surface area contributed by atoms with Gasteiger partial charge < -0.3 is 5.32 Å². The number of aromatic nitrogens is 2. The zero-order chi connectivity index (χ0) is 11.4. The molecule has 0 spiro atoms. The van der Waals surface area contributed by atoms with Crippen molar-refractivity contribution in [2.24, 2.45) is 12.5 Å². The number of nitrogens with zero attached hydrogens (tertiary/aromatic N) is 2. The maximum atomic E-state index is 4.17. The highest BCUT2D eigenvalue weighted by atomic mass is 15.3. The van der Waals surface area contributed by atoms with Gasteiger partial charge in [0.15, 0.2) is 0 Å². The van der Waals surface area contributed by atoms with Crippen molar-refractivity contribution in [2.45, 2.75) is 39.0 Å². The van der Waals surface area contributed by atoms with Crippen molar-refractivity contribution in [2.75, 3.05) is 13.1 Å². The van der Waals surface area contributed by atoms with Crippen LogP contribution in [0.4, 0.5) is 0 Å². The molecule has 1 N–H and O–H groups in total. The number of rotatable bonds is 7. The second kappa shape index (κ2) is 5.00. The maximum Gasteiger partial charge on any atom is 0.0492 e. The molecule has 0 saturated heterocycles. The van der Waals surface area contributed by atoms with Crippen LogP contribution in [0.25, 0.3) is 0 Å². The third kappa shape index (κ3) is 2.85. The SMILES string of the molecule is CCCC1(CNCCc2ccnn2C)CC1. The summed E-state index contributed by atoms with van der Waals surface area (Å²) in [6.45, 7) is 4.57. The van der Waals surface area contributed by atoms with Crippen LogP contribution < -0.4 is 5.32 Å². The van der Waals surface area contributed by atoms with E-state index < -0.39 is 0 Å². The fraction of sp³-hybridized carbons (Fsp3) is 0.769. The second-order valence-electron chi connectivity index (χ2n) is 5.12. The van der Waals surface area contributed by atoms with Gasteiger partial charge >= 0.3 is 0 Å². The standard InChI is InChI=1S/C13H23N3/c1-3-6-13(7-8-13)11-14-9-4-12-5-10-15-16(12)2/h5,10,14H,3-4,6-9,11H2,1-2H3. The Labute approximate surface area is 98.2 Å². The van der Waals surface area contributed by atoms with Crippen LogP contribution in [0.5, 0.6) is 0 Å². The van der Waals surface area contributed by atoms with E-state index in [4.69, 9.17) is 0 Å². The molecule has 1 heterocycles. The van der Waals surface area contributed by atoms with Gasteiger partial charge in [0, 0.05) is 38.4 Å². The van der Waals surface area contributed by atoms with E-state index in [2.05, 4.69) is 23.4 Å². The molecule has 0 unspecified atom stereocenters. The molecule has 3 nitrogen and oxygen atoms in total. The summed E-state index contributed by atoms with van der Waals surface area (Å²) in [5.41, 5.74) is 1.98. The van der Waals surface area contributed by atoms with Crippen LogP contribution in [0.15, 0.2) is 12.3 Å². The van der Waals surface area contributed by atoms with Crippen molar-refractivity contribution >= 4 is 0 Å². The van der Waals surface area contributed by atoms with Gasteiger partial charge in [-0.2, -0.15) is 5.10 Å². The molecule has 0 amide bonds. The molecule has 90 valence electrons. The summed E-state index contributed by atoms with van der Waals surface area (Å²) >= 11 is 0. The Kier molecular flexibility index (Phi) is 3.64. The summed E-state index contributed by atoms with van der Waals surface area (Å²) in [5.74, 6) is 0. The molecule has 1 saturated carbocycles. The Morgan fingerprint density at radius 3 is 2.88 bits per heavy atom. The molecular weight excluding hydrogens is 198 g/mol. The van der Waals surface area contributed by atoms with Gasteiger partial charge in [-0.25, -0.2) is 0 Å². The van der Waals surface area contributed by atoms with Gasteiger partial charge in [-0.05, 0) is 30.7 Å². The maximum absolute atomic E-state index is 4.17. The number of hydrogen-bond acceptors (Lipinski definition) is 2. The van der Waals surface area contributed by atoms with E-state index >= 15 is 0 Å². The minimum Gasteiger partial charge on any atom is -0.316 e. The average molecular weight is 221 g/mol. The number of nitrogens with one attached hydrogen (secondary N) is 1. The lowest BCUT2D eigenvalue weighted by Gasteiger charge is -2.14. The predicted octanol–water partition coefficient (Wildman–Crippen LogP) is 2.13.